The van der Waals surface area contributed by atoms with Gasteiger partial charge in [0.15, 0.2) is 0 Å². The van der Waals surface area contributed by atoms with Gasteiger partial charge in [0.2, 0.25) is 0 Å². The van der Waals surface area contributed by atoms with Crippen LogP contribution in [0.5, 0.6) is 0 Å². The van der Waals surface area contributed by atoms with Crippen molar-refractivity contribution in [1.29, 1.82) is 0 Å². The molecule has 1 heterocycles. The largest absolute Gasteiger partial charge is 0.364 e. The predicted octanol–water partition coefficient (Wildman–Crippen LogP) is -0.561. The molecule has 0 bridgehead atoms. The van der Waals surface area contributed by atoms with Crippen LogP contribution in [-0.2, 0) is 6.54 Å². The Hall–Kier alpha value is -1.42. The van der Waals surface area contributed by atoms with E-state index in [0.717, 1.165) is 0 Å². The number of nitrogens with two attached hydrogens (primary N) is 2. The Balaban J connectivity index is 3.01. The van der Waals surface area contributed by atoms with Crippen molar-refractivity contribution in [3.63, 3.8) is 0 Å². The van der Waals surface area contributed by atoms with Gasteiger partial charge in [-0.3, -0.25) is 4.79 Å². The van der Waals surface area contributed by atoms with Crippen molar-refractivity contribution in [2.75, 3.05) is 0 Å². The fourth-order valence-corrected chi connectivity index (χ4v) is 0.670. The number of aromatic nitrogens is 1. The number of pyridine rings is 1. The number of hydrogen-bond donors (Lipinski definition) is 2. The lowest BCUT2D eigenvalue weighted by Gasteiger charge is -1.96. The zero-order valence-corrected chi connectivity index (χ0v) is 5.87. The molecule has 0 aliphatic rings. The minimum atomic E-state index is -0.583. The van der Waals surface area contributed by atoms with Gasteiger partial charge in [-0.25, -0.2) is 4.98 Å². The van der Waals surface area contributed by atoms with Gasteiger partial charge in [-0.15, -0.1) is 0 Å². The summed E-state index contributed by atoms with van der Waals surface area (Å²) >= 11 is 0. The van der Waals surface area contributed by atoms with E-state index in [-0.39, 0.29) is 5.69 Å². The summed E-state index contributed by atoms with van der Waals surface area (Å²) in [6.07, 6.45) is 0. The molecule has 4 N–H and O–H groups in total. The van der Waals surface area contributed by atoms with E-state index in [1.54, 1.807) is 12.1 Å². The molecule has 1 aromatic heterocycles. The number of carbonyl (C=O) groups excluding carboxylic acids is 1. The first-order chi connectivity index (χ1) is 5.24. The normalized spacial score (nSPS) is 9.55. The average Bonchev–Trinajstić information content (AvgIpc) is 2.05. The van der Waals surface area contributed by atoms with E-state index in [9.17, 15) is 4.79 Å². The van der Waals surface area contributed by atoms with Crippen LogP contribution in [0.4, 0.5) is 0 Å². The van der Waals surface area contributed by atoms with Gasteiger partial charge in [0, 0.05) is 12.6 Å². The van der Waals surface area contributed by atoms with E-state index in [1.807, 2.05) is 0 Å². The second kappa shape index (κ2) is 3.12. The maximum Gasteiger partial charge on any atom is 0.267 e. The van der Waals surface area contributed by atoms with Gasteiger partial charge in [-0.05, 0) is 6.07 Å². The zero-order chi connectivity index (χ0) is 8.27. The van der Waals surface area contributed by atoms with Crippen LogP contribution in [0, 0.1) is 6.07 Å². The second-order valence-electron chi connectivity index (χ2n) is 2.00. The molecule has 0 saturated carbocycles. The number of rotatable bonds is 2. The Kier molecular flexibility index (Phi) is 2.18. The van der Waals surface area contributed by atoms with Crippen LogP contribution < -0.4 is 11.5 Å². The van der Waals surface area contributed by atoms with Crippen LogP contribution in [0.3, 0.4) is 0 Å². The highest BCUT2D eigenvalue weighted by atomic mass is 16.1. The molecular formula is C7H8N3O. The molecule has 1 rings (SSSR count). The van der Waals surface area contributed by atoms with Crippen molar-refractivity contribution in [3.05, 3.63) is 29.6 Å². The van der Waals surface area contributed by atoms with E-state index >= 15 is 0 Å². The molecule has 4 nitrogen and oxygen atoms in total. The molecule has 1 amide bonds. The van der Waals surface area contributed by atoms with E-state index in [4.69, 9.17) is 11.5 Å². The molecular weight excluding hydrogens is 142 g/mol. The van der Waals surface area contributed by atoms with Crippen molar-refractivity contribution in [2.24, 2.45) is 11.5 Å². The molecule has 4 heteroatoms. The lowest BCUT2D eigenvalue weighted by atomic mass is 10.3. The second-order valence-corrected chi connectivity index (χ2v) is 2.00. The van der Waals surface area contributed by atoms with E-state index < -0.39 is 5.91 Å². The predicted molar refractivity (Wildman–Crippen MR) is 39.5 cm³/mol. The summed E-state index contributed by atoms with van der Waals surface area (Å²) < 4.78 is 0. The Morgan fingerprint density at radius 3 is 3.00 bits per heavy atom. The quantitative estimate of drug-likeness (QED) is 0.592. The minimum absolute atomic E-state index is 0.132. The van der Waals surface area contributed by atoms with Crippen LogP contribution in [0.2, 0.25) is 0 Å². The van der Waals surface area contributed by atoms with Crippen molar-refractivity contribution in [1.82, 2.24) is 4.98 Å². The summed E-state index contributed by atoms with van der Waals surface area (Å²) in [6, 6.07) is 5.87. The molecule has 1 aromatic rings. The number of hydrogen-bond acceptors (Lipinski definition) is 3. The Morgan fingerprint density at radius 2 is 2.45 bits per heavy atom. The summed E-state index contributed by atoms with van der Waals surface area (Å²) in [4.78, 5) is 14.4. The van der Waals surface area contributed by atoms with Gasteiger partial charge < -0.3 is 11.5 Å². The topological polar surface area (TPSA) is 82.0 Å². The molecule has 0 aromatic carbocycles. The third-order valence-electron chi connectivity index (χ3n) is 1.19. The maximum atomic E-state index is 10.6. The van der Waals surface area contributed by atoms with Gasteiger partial charge >= 0.3 is 0 Å². The van der Waals surface area contributed by atoms with Gasteiger partial charge in [0.25, 0.3) is 5.91 Å². The highest BCUT2D eigenvalue weighted by Gasteiger charge is 2.01. The van der Waals surface area contributed by atoms with Crippen LogP contribution in [-0.4, -0.2) is 10.9 Å². The smallest absolute Gasteiger partial charge is 0.267 e. The first-order valence-electron chi connectivity index (χ1n) is 3.11. The number of primary amides is 1. The van der Waals surface area contributed by atoms with E-state index in [2.05, 4.69) is 11.1 Å². The third kappa shape index (κ3) is 1.75. The minimum Gasteiger partial charge on any atom is -0.364 e. The molecule has 0 aliphatic carbocycles. The molecule has 0 atom stereocenters. The Morgan fingerprint density at radius 1 is 1.73 bits per heavy atom. The summed E-state index contributed by atoms with van der Waals surface area (Å²) in [5.74, 6) is -0.583. The highest BCUT2D eigenvalue weighted by molar-refractivity contribution is 5.90. The number of nitrogens with zero attached hydrogens (tertiary/aromatic N) is 1. The van der Waals surface area contributed by atoms with Crippen molar-refractivity contribution in [3.8, 4) is 0 Å². The molecule has 57 valence electrons. The summed E-state index contributed by atoms with van der Waals surface area (Å²) in [7, 11) is 0. The monoisotopic (exact) mass is 150 g/mol. The fourth-order valence-electron chi connectivity index (χ4n) is 0.670. The van der Waals surface area contributed by atoms with Crippen molar-refractivity contribution < 1.29 is 4.79 Å². The van der Waals surface area contributed by atoms with Gasteiger partial charge in [0.1, 0.15) is 5.69 Å². The molecule has 0 spiro atoms. The van der Waals surface area contributed by atoms with Gasteiger partial charge in [0.05, 0.1) is 5.69 Å². The standard InChI is InChI=1S/C7H8N3O/c8-4-5-2-1-3-6(10-5)7(9)11/h1-2H,4,8H2,(H2,9,11). The summed E-state index contributed by atoms with van der Waals surface area (Å²) in [6.45, 7) is 0.301. The maximum absolute atomic E-state index is 10.6. The SMILES string of the molecule is NCc1cc[c]c(C(N)=O)n1. The lowest BCUT2D eigenvalue weighted by molar-refractivity contribution is 0.0995. The first-order valence-corrected chi connectivity index (χ1v) is 3.11. The Bertz CT molecular complexity index is 272. The molecule has 0 aliphatic heterocycles. The number of carbonyl (C=O) groups is 1. The average molecular weight is 150 g/mol. The summed E-state index contributed by atoms with van der Waals surface area (Å²) in [5, 5.41) is 0. The van der Waals surface area contributed by atoms with Crippen molar-refractivity contribution >= 4 is 5.91 Å². The van der Waals surface area contributed by atoms with Gasteiger partial charge in [-0.2, -0.15) is 0 Å². The summed E-state index contributed by atoms with van der Waals surface area (Å²) in [5.41, 5.74) is 11.0. The zero-order valence-electron chi connectivity index (χ0n) is 5.87. The molecule has 0 fully saturated rings. The van der Waals surface area contributed by atoms with E-state index in [0.29, 0.717) is 12.2 Å². The fraction of sp³-hybridized carbons (Fsp3) is 0.143. The lowest BCUT2D eigenvalue weighted by Crippen LogP contribution is -2.14. The van der Waals surface area contributed by atoms with Crippen LogP contribution in [0.25, 0.3) is 0 Å². The van der Waals surface area contributed by atoms with E-state index in [1.165, 1.54) is 0 Å². The molecule has 11 heavy (non-hydrogen) atoms. The molecule has 0 unspecified atom stereocenters. The van der Waals surface area contributed by atoms with Crippen LogP contribution >= 0.6 is 0 Å². The molecule has 0 saturated heterocycles. The van der Waals surface area contributed by atoms with Crippen LogP contribution in [0.1, 0.15) is 16.2 Å². The first kappa shape index (κ1) is 7.68. The third-order valence-corrected chi connectivity index (χ3v) is 1.19. The van der Waals surface area contributed by atoms with Gasteiger partial charge in [-0.1, -0.05) is 6.07 Å². The highest BCUT2D eigenvalue weighted by Crippen LogP contribution is 1.95. The number of amides is 1. The Labute approximate surface area is 64.2 Å². The molecule has 1 radical (unpaired) electrons. The van der Waals surface area contributed by atoms with Crippen molar-refractivity contribution in [2.45, 2.75) is 6.54 Å². The van der Waals surface area contributed by atoms with Crippen LogP contribution in [0.15, 0.2) is 12.1 Å².